The first-order valence-corrected chi connectivity index (χ1v) is 11.9. The van der Waals surface area contributed by atoms with Gasteiger partial charge in [0.1, 0.15) is 11.5 Å². The van der Waals surface area contributed by atoms with Crippen molar-refractivity contribution in [2.24, 2.45) is 0 Å². The Kier molecular flexibility index (Phi) is 7.31. The molecule has 1 aromatic carbocycles. The van der Waals surface area contributed by atoms with Crippen LogP contribution in [0.2, 0.25) is 0 Å². The highest BCUT2D eigenvalue weighted by Gasteiger charge is 2.36. The summed E-state index contributed by atoms with van der Waals surface area (Å²) in [6, 6.07) is 16.6. The monoisotopic (exact) mass is 543 g/mol. The Balaban J connectivity index is 1.30. The number of hydrogen-bond donors (Lipinski definition) is 2. The normalized spacial score (nSPS) is 11.2. The molecule has 5 rings (SSSR count). The molecule has 0 radical (unpaired) electrons. The number of alkyl halides is 3. The Morgan fingerprint density at radius 1 is 0.825 bits per heavy atom. The van der Waals surface area contributed by atoms with Gasteiger partial charge >= 0.3 is 6.18 Å². The SMILES string of the molecule is O=C(NCc1cccnc1)c1cccc(C(=O)Nc2ccc(-n3nc(-c4cccnc4)cc3C(F)(F)F)cn2)c1. The molecule has 0 atom stereocenters. The molecule has 12 heteroatoms. The maximum atomic E-state index is 13.7. The van der Waals surface area contributed by atoms with Gasteiger partial charge in [-0.1, -0.05) is 12.1 Å². The number of nitrogens with zero attached hydrogens (tertiary/aromatic N) is 5. The van der Waals surface area contributed by atoms with E-state index in [4.69, 9.17) is 0 Å². The molecule has 0 bridgehead atoms. The summed E-state index contributed by atoms with van der Waals surface area (Å²) in [4.78, 5) is 37.4. The van der Waals surface area contributed by atoms with E-state index in [1.165, 1.54) is 42.9 Å². The molecule has 200 valence electrons. The Bertz CT molecular complexity index is 1640. The van der Waals surface area contributed by atoms with Gasteiger partial charge < -0.3 is 10.6 Å². The van der Waals surface area contributed by atoms with E-state index in [1.807, 2.05) is 6.07 Å². The van der Waals surface area contributed by atoms with Crippen LogP contribution >= 0.6 is 0 Å². The topological polar surface area (TPSA) is 115 Å². The summed E-state index contributed by atoms with van der Waals surface area (Å²) >= 11 is 0. The van der Waals surface area contributed by atoms with Crippen LogP contribution in [0.4, 0.5) is 19.0 Å². The van der Waals surface area contributed by atoms with E-state index < -0.39 is 17.8 Å². The zero-order valence-electron chi connectivity index (χ0n) is 20.6. The van der Waals surface area contributed by atoms with Crippen molar-refractivity contribution in [3.63, 3.8) is 0 Å². The minimum absolute atomic E-state index is 0.0488. The first-order valence-electron chi connectivity index (χ1n) is 11.9. The standard InChI is InChI=1S/C28H20F3N7O2/c29-28(30,31)24-13-23(21-7-3-11-33-16-21)37-38(24)22-8-9-25(34-17-22)36-27(40)20-6-1-5-19(12-20)26(39)35-15-18-4-2-10-32-14-18/h1-14,16-17H,15H2,(H,35,39)(H,34,36,40). The van der Waals surface area contributed by atoms with E-state index >= 15 is 0 Å². The first-order chi connectivity index (χ1) is 19.3. The summed E-state index contributed by atoms with van der Waals surface area (Å²) in [5.74, 6) is -0.809. The third kappa shape index (κ3) is 6.01. The highest BCUT2D eigenvalue weighted by molar-refractivity contribution is 6.05. The van der Waals surface area contributed by atoms with Gasteiger partial charge in [-0.05, 0) is 60.2 Å². The molecular weight excluding hydrogens is 523 g/mol. The third-order valence-electron chi connectivity index (χ3n) is 5.75. The van der Waals surface area contributed by atoms with Crippen LogP contribution < -0.4 is 10.6 Å². The summed E-state index contributed by atoms with van der Waals surface area (Å²) in [6.45, 7) is 0.273. The zero-order valence-corrected chi connectivity index (χ0v) is 20.6. The molecule has 4 heterocycles. The van der Waals surface area contributed by atoms with Crippen LogP contribution in [0.25, 0.3) is 16.9 Å². The van der Waals surface area contributed by atoms with Gasteiger partial charge in [0, 0.05) is 48.0 Å². The van der Waals surface area contributed by atoms with Crippen LogP contribution in [0.5, 0.6) is 0 Å². The number of rotatable bonds is 7. The van der Waals surface area contributed by atoms with Crippen molar-refractivity contribution in [2.75, 3.05) is 5.32 Å². The molecule has 5 aromatic rings. The predicted molar refractivity (Wildman–Crippen MR) is 139 cm³/mol. The van der Waals surface area contributed by atoms with Crippen molar-refractivity contribution in [2.45, 2.75) is 12.7 Å². The first kappa shape index (κ1) is 26.2. The fourth-order valence-electron chi connectivity index (χ4n) is 3.80. The lowest BCUT2D eigenvalue weighted by molar-refractivity contribution is -0.142. The lowest BCUT2D eigenvalue weighted by Crippen LogP contribution is -2.23. The lowest BCUT2D eigenvalue weighted by atomic mass is 10.1. The second-order valence-corrected chi connectivity index (χ2v) is 8.55. The zero-order chi connectivity index (χ0) is 28.1. The molecule has 0 fully saturated rings. The largest absolute Gasteiger partial charge is 0.433 e. The minimum Gasteiger partial charge on any atom is -0.348 e. The third-order valence-corrected chi connectivity index (χ3v) is 5.75. The Morgan fingerprint density at radius 3 is 2.23 bits per heavy atom. The van der Waals surface area contributed by atoms with Gasteiger partial charge in [-0.25, -0.2) is 9.67 Å². The number of amides is 2. The molecule has 2 amide bonds. The number of hydrogen-bond acceptors (Lipinski definition) is 6. The maximum Gasteiger partial charge on any atom is 0.433 e. The average molecular weight is 544 g/mol. The number of anilines is 1. The van der Waals surface area contributed by atoms with Crippen LogP contribution in [0.1, 0.15) is 32.0 Å². The Hall–Kier alpha value is -5.39. The summed E-state index contributed by atoms with van der Waals surface area (Å²) in [5, 5.41) is 9.46. The summed E-state index contributed by atoms with van der Waals surface area (Å²) in [5.41, 5.74) is 0.898. The quantitative estimate of drug-likeness (QED) is 0.301. The molecule has 0 unspecified atom stereocenters. The molecule has 0 saturated carbocycles. The molecule has 9 nitrogen and oxygen atoms in total. The fourth-order valence-corrected chi connectivity index (χ4v) is 3.80. The molecule has 4 aromatic heterocycles. The molecule has 0 aliphatic rings. The number of carbonyl (C=O) groups excluding carboxylic acids is 2. The van der Waals surface area contributed by atoms with Crippen LogP contribution in [-0.4, -0.2) is 36.5 Å². The Labute approximate surface area is 225 Å². The van der Waals surface area contributed by atoms with Crippen molar-refractivity contribution in [3.8, 4) is 16.9 Å². The van der Waals surface area contributed by atoms with Gasteiger partial charge in [-0.15, -0.1) is 0 Å². The van der Waals surface area contributed by atoms with E-state index in [-0.39, 0.29) is 40.8 Å². The second kappa shape index (κ2) is 11.2. The predicted octanol–water partition coefficient (Wildman–Crippen LogP) is 4.93. The van der Waals surface area contributed by atoms with Gasteiger partial charge in [-0.3, -0.25) is 19.6 Å². The summed E-state index contributed by atoms with van der Waals surface area (Å²) < 4.78 is 42.0. The van der Waals surface area contributed by atoms with Crippen LogP contribution in [0.3, 0.4) is 0 Å². The minimum atomic E-state index is -4.67. The number of pyridine rings is 3. The van der Waals surface area contributed by atoms with E-state index in [0.717, 1.165) is 16.3 Å². The van der Waals surface area contributed by atoms with Crippen LogP contribution in [0.15, 0.2) is 97.7 Å². The van der Waals surface area contributed by atoms with Crippen molar-refractivity contribution in [1.82, 2.24) is 30.0 Å². The number of halogens is 3. The summed E-state index contributed by atoms with van der Waals surface area (Å²) in [7, 11) is 0. The molecule has 0 aliphatic heterocycles. The van der Waals surface area contributed by atoms with Gasteiger partial charge in [0.05, 0.1) is 17.6 Å². The number of nitrogens with one attached hydrogen (secondary N) is 2. The highest BCUT2D eigenvalue weighted by Crippen LogP contribution is 2.34. The van der Waals surface area contributed by atoms with Crippen LogP contribution in [-0.2, 0) is 12.7 Å². The average Bonchev–Trinajstić information content (AvgIpc) is 3.44. The smallest absolute Gasteiger partial charge is 0.348 e. The number of carbonyl (C=O) groups is 2. The number of benzene rings is 1. The van der Waals surface area contributed by atoms with E-state index in [1.54, 1.807) is 42.7 Å². The van der Waals surface area contributed by atoms with Gasteiger partial charge in [0.15, 0.2) is 0 Å². The molecule has 0 spiro atoms. The fraction of sp³-hybridized carbons (Fsp3) is 0.0714. The molecule has 2 N–H and O–H groups in total. The number of aromatic nitrogens is 5. The van der Waals surface area contributed by atoms with Gasteiger partial charge in [0.25, 0.3) is 11.8 Å². The molecule has 40 heavy (non-hydrogen) atoms. The Morgan fingerprint density at radius 2 is 1.57 bits per heavy atom. The second-order valence-electron chi connectivity index (χ2n) is 8.55. The summed E-state index contributed by atoms with van der Waals surface area (Å²) in [6.07, 6.45) is 2.70. The van der Waals surface area contributed by atoms with Gasteiger partial charge in [-0.2, -0.15) is 18.3 Å². The van der Waals surface area contributed by atoms with E-state index in [2.05, 4.69) is 30.7 Å². The van der Waals surface area contributed by atoms with E-state index in [0.29, 0.717) is 5.56 Å². The van der Waals surface area contributed by atoms with Crippen molar-refractivity contribution in [3.05, 3.63) is 120 Å². The molecular formula is C28H20F3N7O2. The van der Waals surface area contributed by atoms with Crippen molar-refractivity contribution >= 4 is 17.6 Å². The highest BCUT2D eigenvalue weighted by atomic mass is 19.4. The van der Waals surface area contributed by atoms with Gasteiger partial charge in [0.2, 0.25) is 0 Å². The van der Waals surface area contributed by atoms with Crippen molar-refractivity contribution < 1.29 is 22.8 Å². The lowest BCUT2D eigenvalue weighted by Gasteiger charge is -2.11. The van der Waals surface area contributed by atoms with E-state index in [9.17, 15) is 22.8 Å². The molecule has 0 saturated heterocycles. The van der Waals surface area contributed by atoms with Crippen molar-refractivity contribution in [1.29, 1.82) is 0 Å². The molecule has 0 aliphatic carbocycles. The van der Waals surface area contributed by atoms with Crippen LogP contribution in [0, 0.1) is 0 Å². The maximum absolute atomic E-state index is 13.7.